The van der Waals surface area contributed by atoms with Crippen LogP contribution in [0.3, 0.4) is 0 Å². The highest BCUT2D eigenvalue weighted by atomic mass is 35.5. The standard InChI is InChI=1S/C24H29Cl3N2O3/c1-14(2)11-28-24(31)17(5)29(12-18-6-7-19(25)10-21(18)26)22(30)13-32-20-8-15(3)23(27)16(4)9-20/h6-10,14,17H,11-13H2,1-5H3,(H,28,31)/t17-/m1/s1. The Balaban J connectivity index is 2.21. The first kappa shape index (κ1) is 26.3. The summed E-state index contributed by atoms with van der Waals surface area (Å²) in [6, 6.07) is 7.90. The van der Waals surface area contributed by atoms with E-state index >= 15 is 0 Å². The molecule has 2 aromatic rings. The van der Waals surface area contributed by atoms with Gasteiger partial charge < -0.3 is 15.0 Å². The molecule has 0 radical (unpaired) electrons. The number of nitrogens with zero attached hydrogens (tertiary/aromatic N) is 1. The minimum atomic E-state index is -0.717. The van der Waals surface area contributed by atoms with Crippen molar-refractivity contribution in [2.24, 2.45) is 5.92 Å². The number of rotatable bonds is 9. The summed E-state index contributed by atoms with van der Waals surface area (Å²) in [5.41, 5.74) is 2.41. The van der Waals surface area contributed by atoms with E-state index in [-0.39, 0.29) is 25.0 Å². The van der Waals surface area contributed by atoms with Gasteiger partial charge in [-0.25, -0.2) is 0 Å². The van der Waals surface area contributed by atoms with Crippen LogP contribution < -0.4 is 10.1 Å². The molecule has 2 aromatic carbocycles. The number of halogens is 3. The number of ether oxygens (including phenoxy) is 1. The fourth-order valence-corrected chi connectivity index (χ4v) is 3.66. The van der Waals surface area contributed by atoms with Gasteiger partial charge in [0.1, 0.15) is 11.8 Å². The second kappa shape index (κ2) is 11.8. The Morgan fingerprint density at radius 3 is 2.22 bits per heavy atom. The van der Waals surface area contributed by atoms with Crippen molar-refractivity contribution in [3.8, 4) is 5.75 Å². The molecule has 5 nitrogen and oxygen atoms in total. The summed E-state index contributed by atoms with van der Waals surface area (Å²) < 4.78 is 5.74. The Bertz CT molecular complexity index is 956. The number of amides is 2. The summed E-state index contributed by atoms with van der Waals surface area (Å²) in [6.45, 7) is 9.89. The molecule has 2 amide bonds. The minimum absolute atomic E-state index is 0.146. The smallest absolute Gasteiger partial charge is 0.261 e. The molecular weight excluding hydrogens is 471 g/mol. The number of hydrogen-bond acceptors (Lipinski definition) is 3. The zero-order valence-electron chi connectivity index (χ0n) is 19.0. The summed E-state index contributed by atoms with van der Waals surface area (Å²) in [4.78, 5) is 27.3. The average Bonchev–Trinajstić information content (AvgIpc) is 2.72. The molecule has 0 aliphatic heterocycles. The fraction of sp³-hybridized carbons (Fsp3) is 0.417. The van der Waals surface area contributed by atoms with E-state index in [2.05, 4.69) is 5.32 Å². The van der Waals surface area contributed by atoms with E-state index in [0.717, 1.165) is 11.1 Å². The van der Waals surface area contributed by atoms with E-state index in [1.54, 1.807) is 37.3 Å². The first-order chi connectivity index (χ1) is 15.0. The first-order valence-corrected chi connectivity index (χ1v) is 11.5. The lowest BCUT2D eigenvalue weighted by molar-refractivity contribution is -0.142. The van der Waals surface area contributed by atoms with E-state index in [1.807, 2.05) is 27.7 Å². The molecule has 174 valence electrons. The number of benzene rings is 2. The average molecular weight is 500 g/mol. The zero-order valence-corrected chi connectivity index (χ0v) is 21.2. The fourth-order valence-electron chi connectivity index (χ4n) is 3.09. The summed E-state index contributed by atoms with van der Waals surface area (Å²) in [5, 5.41) is 4.47. The maximum Gasteiger partial charge on any atom is 0.261 e. The third-order valence-electron chi connectivity index (χ3n) is 4.98. The van der Waals surface area contributed by atoms with Crippen molar-refractivity contribution in [1.29, 1.82) is 0 Å². The molecule has 0 saturated heterocycles. The number of carbonyl (C=O) groups is 2. The molecule has 32 heavy (non-hydrogen) atoms. The molecule has 0 aliphatic rings. The lowest BCUT2D eigenvalue weighted by atomic mass is 10.1. The molecule has 8 heteroatoms. The van der Waals surface area contributed by atoms with Gasteiger partial charge in [0, 0.05) is 28.2 Å². The van der Waals surface area contributed by atoms with Crippen LogP contribution in [-0.2, 0) is 16.1 Å². The molecule has 0 fully saturated rings. The molecule has 0 saturated carbocycles. The van der Waals surface area contributed by atoms with Gasteiger partial charge in [-0.3, -0.25) is 9.59 Å². The van der Waals surface area contributed by atoms with Crippen LogP contribution >= 0.6 is 34.8 Å². The van der Waals surface area contributed by atoms with Crippen LogP contribution in [0.4, 0.5) is 0 Å². The van der Waals surface area contributed by atoms with Gasteiger partial charge in [-0.05, 0) is 67.6 Å². The van der Waals surface area contributed by atoms with Crippen molar-refractivity contribution in [3.05, 3.63) is 62.1 Å². The van der Waals surface area contributed by atoms with Crippen molar-refractivity contribution < 1.29 is 14.3 Å². The predicted octanol–water partition coefficient (Wildman–Crippen LogP) is 5.83. The largest absolute Gasteiger partial charge is 0.484 e. The highest BCUT2D eigenvalue weighted by Gasteiger charge is 2.27. The Morgan fingerprint density at radius 2 is 1.66 bits per heavy atom. The van der Waals surface area contributed by atoms with Gasteiger partial charge >= 0.3 is 0 Å². The Kier molecular flexibility index (Phi) is 9.68. The summed E-state index contributed by atoms with van der Waals surface area (Å²) in [7, 11) is 0. The minimum Gasteiger partial charge on any atom is -0.484 e. The highest BCUT2D eigenvalue weighted by molar-refractivity contribution is 6.35. The molecule has 0 heterocycles. The van der Waals surface area contributed by atoms with Gasteiger partial charge in [0.25, 0.3) is 5.91 Å². The van der Waals surface area contributed by atoms with Gasteiger partial charge in [0.05, 0.1) is 0 Å². The maximum atomic E-state index is 13.1. The molecule has 1 N–H and O–H groups in total. The van der Waals surface area contributed by atoms with Crippen LogP contribution in [-0.4, -0.2) is 35.9 Å². The van der Waals surface area contributed by atoms with Crippen LogP contribution in [0.2, 0.25) is 15.1 Å². The van der Waals surface area contributed by atoms with E-state index in [4.69, 9.17) is 39.5 Å². The molecule has 0 bridgehead atoms. The zero-order chi connectivity index (χ0) is 24.0. The van der Waals surface area contributed by atoms with Crippen molar-refractivity contribution in [2.45, 2.75) is 47.2 Å². The van der Waals surface area contributed by atoms with Crippen LogP contribution in [0.5, 0.6) is 5.75 Å². The number of carbonyl (C=O) groups excluding carboxylic acids is 2. The van der Waals surface area contributed by atoms with Crippen molar-refractivity contribution in [1.82, 2.24) is 10.2 Å². The van der Waals surface area contributed by atoms with Crippen molar-refractivity contribution in [3.63, 3.8) is 0 Å². The number of aryl methyl sites for hydroxylation is 2. The maximum absolute atomic E-state index is 13.1. The topological polar surface area (TPSA) is 58.6 Å². The second-order valence-electron chi connectivity index (χ2n) is 8.23. The molecule has 0 spiro atoms. The molecule has 0 unspecified atom stereocenters. The highest BCUT2D eigenvalue weighted by Crippen LogP contribution is 2.26. The third kappa shape index (κ3) is 7.29. The van der Waals surface area contributed by atoms with E-state index in [0.29, 0.717) is 38.8 Å². The van der Waals surface area contributed by atoms with Crippen molar-refractivity contribution in [2.75, 3.05) is 13.2 Å². The SMILES string of the molecule is Cc1cc(OCC(=O)N(Cc2ccc(Cl)cc2Cl)[C@H](C)C(=O)NCC(C)C)cc(C)c1Cl. The number of nitrogens with one attached hydrogen (secondary N) is 1. The van der Waals surface area contributed by atoms with Gasteiger partial charge in [-0.2, -0.15) is 0 Å². The molecule has 1 atom stereocenters. The van der Waals surface area contributed by atoms with Crippen LogP contribution in [0, 0.1) is 19.8 Å². The summed E-state index contributed by atoms with van der Waals surface area (Å²) in [6.07, 6.45) is 0. The number of hydrogen-bond donors (Lipinski definition) is 1. The van der Waals surface area contributed by atoms with Crippen LogP contribution in [0.25, 0.3) is 0 Å². The van der Waals surface area contributed by atoms with Crippen LogP contribution in [0.15, 0.2) is 30.3 Å². The normalized spacial score (nSPS) is 11.9. The van der Waals surface area contributed by atoms with E-state index < -0.39 is 6.04 Å². The Morgan fingerprint density at radius 1 is 1.03 bits per heavy atom. The lowest BCUT2D eigenvalue weighted by Gasteiger charge is -2.29. The monoisotopic (exact) mass is 498 g/mol. The second-order valence-corrected chi connectivity index (χ2v) is 9.45. The predicted molar refractivity (Wildman–Crippen MR) is 131 cm³/mol. The Labute approximate surface area is 205 Å². The van der Waals surface area contributed by atoms with E-state index in [1.165, 1.54) is 4.90 Å². The van der Waals surface area contributed by atoms with Gasteiger partial charge in [0.15, 0.2) is 6.61 Å². The van der Waals surface area contributed by atoms with Gasteiger partial charge in [-0.15, -0.1) is 0 Å². The molecule has 0 aromatic heterocycles. The van der Waals surface area contributed by atoms with Crippen molar-refractivity contribution >= 4 is 46.6 Å². The van der Waals surface area contributed by atoms with Crippen LogP contribution in [0.1, 0.15) is 37.5 Å². The molecule has 0 aliphatic carbocycles. The molecule has 2 rings (SSSR count). The quantitative estimate of drug-likeness (QED) is 0.472. The Hall–Kier alpha value is -1.95. The molecular formula is C24H29Cl3N2O3. The summed E-state index contributed by atoms with van der Waals surface area (Å²) >= 11 is 18.5. The third-order valence-corrected chi connectivity index (χ3v) is 6.16. The van der Waals surface area contributed by atoms with Gasteiger partial charge in [-0.1, -0.05) is 54.7 Å². The first-order valence-electron chi connectivity index (χ1n) is 10.4. The van der Waals surface area contributed by atoms with E-state index in [9.17, 15) is 9.59 Å². The lowest BCUT2D eigenvalue weighted by Crippen LogP contribution is -2.49. The van der Waals surface area contributed by atoms with Gasteiger partial charge in [0.2, 0.25) is 5.91 Å². The summed E-state index contributed by atoms with van der Waals surface area (Å²) in [5.74, 6) is 0.253.